The van der Waals surface area contributed by atoms with E-state index < -0.39 is 5.97 Å². The molecule has 0 saturated heterocycles. The molecule has 0 bridgehead atoms. The second-order valence-electron chi connectivity index (χ2n) is 5.91. The highest BCUT2D eigenvalue weighted by Crippen LogP contribution is 2.09. The molecular weight excluding hydrogens is 332 g/mol. The van der Waals surface area contributed by atoms with Crippen molar-refractivity contribution < 1.29 is 19.5 Å². The highest BCUT2D eigenvalue weighted by molar-refractivity contribution is 5.99. The average molecular weight is 354 g/mol. The lowest BCUT2D eigenvalue weighted by Crippen LogP contribution is -2.28. The average Bonchev–Trinajstić information content (AvgIpc) is 2.67. The zero-order valence-corrected chi connectivity index (χ0v) is 14.9. The van der Waals surface area contributed by atoms with E-state index in [0.717, 1.165) is 5.56 Å². The Bertz CT molecular complexity index is 817. The Balaban J connectivity index is 1.97. The van der Waals surface area contributed by atoms with Crippen molar-refractivity contribution in [3.8, 4) is 0 Å². The molecule has 2 amide bonds. The molecular formula is C20H22N2O4. The van der Waals surface area contributed by atoms with Gasteiger partial charge in [0.15, 0.2) is 0 Å². The van der Waals surface area contributed by atoms with Gasteiger partial charge in [-0.15, -0.1) is 0 Å². The summed E-state index contributed by atoms with van der Waals surface area (Å²) in [7, 11) is 1.71. The Morgan fingerprint density at radius 1 is 1.00 bits per heavy atom. The summed E-state index contributed by atoms with van der Waals surface area (Å²) in [6, 6.07) is 13.2. The van der Waals surface area contributed by atoms with Crippen molar-refractivity contribution in [1.29, 1.82) is 0 Å². The van der Waals surface area contributed by atoms with Gasteiger partial charge in [0.25, 0.3) is 11.8 Å². The lowest BCUT2D eigenvalue weighted by molar-refractivity contribution is 0.0695. The third-order valence-electron chi connectivity index (χ3n) is 4.07. The van der Waals surface area contributed by atoms with Crippen molar-refractivity contribution in [2.75, 3.05) is 20.1 Å². The third kappa shape index (κ3) is 4.92. The SMILES string of the molecule is CCN(C)C(=O)c1cccc(C(=O)NCCc2cccc(C(=O)O)c2)c1. The number of amides is 2. The van der Waals surface area contributed by atoms with Gasteiger partial charge in [0.2, 0.25) is 0 Å². The van der Waals surface area contributed by atoms with Crippen molar-refractivity contribution in [3.05, 3.63) is 70.8 Å². The van der Waals surface area contributed by atoms with E-state index in [0.29, 0.717) is 30.6 Å². The fraction of sp³-hybridized carbons (Fsp3) is 0.250. The van der Waals surface area contributed by atoms with Crippen molar-refractivity contribution in [2.24, 2.45) is 0 Å². The number of carboxylic acid groups (broad SMARTS) is 1. The Morgan fingerprint density at radius 2 is 1.65 bits per heavy atom. The molecule has 0 saturated carbocycles. The zero-order valence-electron chi connectivity index (χ0n) is 14.9. The van der Waals surface area contributed by atoms with E-state index in [2.05, 4.69) is 5.32 Å². The van der Waals surface area contributed by atoms with Crippen LogP contribution in [0, 0.1) is 0 Å². The van der Waals surface area contributed by atoms with E-state index in [1.165, 1.54) is 6.07 Å². The smallest absolute Gasteiger partial charge is 0.335 e. The maximum Gasteiger partial charge on any atom is 0.335 e. The van der Waals surface area contributed by atoms with E-state index in [1.807, 2.05) is 13.0 Å². The van der Waals surface area contributed by atoms with Gasteiger partial charge < -0.3 is 15.3 Å². The number of aromatic carboxylic acids is 1. The lowest BCUT2D eigenvalue weighted by Gasteiger charge is -2.15. The van der Waals surface area contributed by atoms with Gasteiger partial charge >= 0.3 is 5.97 Å². The molecule has 0 heterocycles. The summed E-state index contributed by atoms with van der Waals surface area (Å²) in [6.07, 6.45) is 0.518. The first-order chi connectivity index (χ1) is 12.4. The normalized spacial score (nSPS) is 10.2. The molecule has 2 aromatic rings. The summed E-state index contributed by atoms with van der Waals surface area (Å²) in [5, 5.41) is 11.8. The molecule has 0 aliphatic rings. The van der Waals surface area contributed by atoms with E-state index >= 15 is 0 Å². The molecule has 136 valence electrons. The molecule has 0 spiro atoms. The van der Waals surface area contributed by atoms with Crippen LogP contribution in [0.5, 0.6) is 0 Å². The fourth-order valence-corrected chi connectivity index (χ4v) is 2.44. The molecule has 0 aliphatic heterocycles. The second kappa shape index (κ2) is 8.80. The summed E-state index contributed by atoms with van der Waals surface area (Å²) < 4.78 is 0. The highest BCUT2D eigenvalue weighted by Gasteiger charge is 2.13. The fourth-order valence-electron chi connectivity index (χ4n) is 2.44. The van der Waals surface area contributed by atoms with E-state index in [-0.39, 0.29) is 17.4 Å². The number of carbonyl (C=O) groups is 3. The minimum absolute atomic E-state index is 0.132. The molecule has 6 nitrogen and oxygen atoms in total. The summed E-state index contributed by atoms with van der Waals surface area (Å²) in [5.41, 5.74) is 1.94. The lowest BCUT2D eigenvalue weighted by atomic mass is 10.1. The van der Waals surface area contributed by atoms with Gasteiger partial charge in [-0.05, 0) is 49.2 Å². The molecule has 0 fully saturated rings. The molecule has 2 rings (SSSR count). The zero-order chi connectivity index (χ0) is 19.1. The minimum atomic E-state index is -0.977. The Morgan fingerprint density at radius 3 is 2.35 bits per heavy atom. The van der Waals surface area contributed by atoms with Gasteiger partial charge in [-0.25, -0.2) is 4.79 Å². The predicted molar refractivity (Wildman–Crippen MR) is 98.5 cm³/mol. The first-order valence-electron chi connectivity index (χ1n) is 8.38. The molecule has 0 unspecified atom stereocenters. The monoisotopic (exact) mass is 354 g/mol. The number of nitrogens with one attached hydrogen (secondary N) is 1. The quantitative estimate of drug-likeness (QED) is 0.800. The number of carboxylic acids is 1. The maximum absolute atomic E-state index is 12.3. The van der Waals surface area contributed by atoms with Crippen LogP contribution in [0.3, 0.4) is 0 Å². The Hall–Kier alpha value is -3.15. The van der Waals surface area contributed by atoms with Gasteiger partial charge in [-0.3, -0.25) is 9.59 Å². The predicted octanol–water partition coefficient (Wildman–Crippen LogP) is 2.45. The summed E-state index contributed by atoms with van der Waals surface area (Å²) in [4.78, 5) is 37.0. The van der Waals surface area contributed by atoms with Crippen LogP contribution in [0.4, 0.5) is 0 Å². The first kappa shape index (κ1) is 19.2. The van der Waals surface area contributed by atoms with Crippen LogP contribution < -0.4 is 5.32 Å². The number of nitrogens with zero attached hydrogens (tertiary/aromatic N) is 1. The van der Waals surface area contributed by atoms with Gasteiger partial charge in [-0.2, -0.15) is 0 Å². The summed E-state index contributed by atoms with van der Waals surface area (Å²) in [5.74, 6) is -1.38. The van der Waals surface area contributed by atoms with Crippen LogP contribution in [-0.4, -0.2) is 47.9 Å². The van der Waals surface area contributed by atoms with Crippen LogP contribution in [0.2, 0.25) is 0 Å². The number of benzene rings is 2. The van der Waals surface area contributed by atoms with Crippen molar-refractivity contribution >= 4 is 17.8 Å². The first-order valence-corrected chi connectivity index (χ1v) is 8.38. The van der Waals surface area contributed by atoms with Crippen molar-refractivity contribution in [1.82, 2.24) is 10.2 Å². The maximum atomic E-state index is 12.3. The third-order valence-corrected chi connectivity index (χ3v) is 4.07. The van der Waals surface area contributed by atoms with Gasteiger partial charge in [-0.1, -0.05) is 18.2 Å². The molecule has 0 radical (unpaired) electrons. The van der Waals surface area contributed by atoms with E-state index in [1.54, 1.807) is 48.3 Å². The van der Waals surface area contributed by atoms with E-state index in [9.17, 15) is 14.4 Å². The molecule has 6 heteroatoms. The molecule has 0 atom stereocenters. The topological polar surface area (TPSA) is 86.7 Å². The number of hydrogen-bond acceptors (Lipinski definition) is 3. The van der Waals surface area contributed by atoms with Crippen LogP contribution in [0.1, 0.15) is 43.6 Å². The molecule has 2 aromatic carbocycles. The van der Waals surface area contributed by atoms with Crippen molar-refractivity contribution in [2.45, 2.75) is 13.3 Å². The number of hydrogen-bond donors (Lipinski definition) is 2. The number of carbonyl (C=O) groups excluding carboxylic acids is 2. The van der Waals surface area contributed by atoms with Crippen LogP contribution >= 0.6 is 0 Å². The summed E-state index contributed by atoms with van der Waals surface area (Å²) in [6.45, 7) is 2.84. The molecule has 0 aliphatic carbocycles. The Kier molecular flexibility index (Phi) is 6.49. The molecule has 26 heavy (non-hydrogen) atoms. The minimum Gasteiger partial charge on any atom is -0.478 e. The van der Waals surface area contributed by atoms with Crippen molar-refractivity contribution in [3.63, 3.8) is 0 Å². The van der Waals surface area contributed by atoms with Crippen LogP contribution in [0.25, 0.3) is 0 Å². The highest BCUT2D eigenvalue weighted by atomic mass is 16.4. The summed E-state index contributed by atoms with van der Waals surface area (Å²) >= 11 is 0. The molecule has 0 aromatic heterocycles. The van der Waals surface area contributed by atoms with Crippen LogP contribution in [-0.2, 0) is 6.42 Å². The largest absolute Gasteiger partial charge is 0.478 e. The molecule has 2 N–H and O–H groups in total. The van der Waals surface area contributed by atoms with Crippen LogP contribution in [0.15, 0.2) is 48.5 Å². The standard InChI is InChI=1S/C20H22N2O4/c1-3-22(2)19(24)16-8-5-7-15(13-16)18(23)21-11-10-14-6-4-9-17(12-14)20(25)26/h4-9,12-13H,3,10-11H2,1-2H3,(H,21,23)(H,25,26). The van der Waals surface area contributed by atoms with Gasteiger partial charge in [0, 0.05) is 31.3 Å². The van der Waals surface area contributed by atoms with E-state index in [4.69, 9.17) is 5.11 Å². The second-order valence-corrected chi connectivity index (χ2v) is 5.91. The number of rotatable bonds is 7. The van der Waals surface area contributed by atoms with Gasteiger partial charge in [0.1, 0.15) is 0 Å². The Labute approximate surface area is 152 Å². The van der Waals surface area contributed by atoms with Gasteiger partial charge in [0.05, 0.1) is 5.56 Å².